The fraction of sp³-hybridized carbons (Fsp3) is 0.500. The Balaban J connectivity index is 2.62. The Morgan fingerprint density at radius 2 is 1.70 bits per heavy atom. The highest BCUT2D eigenvalue weighted by molar-refractivity contribution is 7.89. The number of ether oxygens (including phenoxy) is 1. The highest BCUT2D eigenvalue weighted by Gasteiger charge is 2.19. The number of sulfone groups is 1. The van der Waals surface area contributed by atoms with E-state index in [1.54, 1.807) is 12.1 Å². The van der Waals surface area contributed by atoms with Crippen molar-refractivity contribution in [3.63, 3.8) is 0 Å². The summed E-state index contributed by atoms with van der Waals surface area (Å²) < 4.78 is 27.5. The maximum Gasteiger partial charge on any atom is 0.338 e. The Morgan fingerprint density at radius 1 is 1.13 bits per heavy atom. The molecule has 128 valence electrons. The molecular formula is C16H23NO5S. The van der Waals surface area contributed by atoms with E-state index in [9.17, 15) is 18.0 Å². The van der Waals surface area contributed by atoms with Crippen LogP contribution >= 0.6 is 0 Å². The largest absolute Gasteiger partial charge is 0.449 e. The lowest BCUT2D eigenvalue weighted by Gasteiger charge is -2.14. The summed E-state index contributed by atoms with van der Waals surface area (Å²) in [6.45, 7) is 5.95. The van der Waals surface area contributed by atoms with Crippen LogP contribution in [0, 0.1) is 5.92 Å². The van der Waals surface area contributed by atoms with Gasteiger partial charge >= 0.3 is 5.97 Å². The van der Waals surface area contributed by atoms with Crippen LogP contribution in [-0.2, 0) is 25.1 Å². The number of hydrogen-bond acceptors (Lipinski definition) is 5. The lowest BCUT2D eigenvalue weighted by Crippen LogP contribution is -2.37. The van der Waals surface area contributed by atoms with Crippen molar-refractivity contribution in [1.82, 2.24) is 5.32 Å². The van der Waals surface area contributed by atoms with Crippen molar-refractivity contribution in [2.45, 2.75) is 32.6 Å². The second kappa shape index (κ2) is 8.10. The first kappa shape index (κ1) is 19.2. The maximum absolute atomic E-state index is 12.0. The predicted molar refractivity (Wildman–Crippen MR) is 87.7 cm³/mol. The number of esters is 1. The van der Waals surface area contributed by atoms with Gasteiger partial charge in [0.15, 0.2) is 15.9 Å². The third kappa shape index (κ3) is 7.27. The van der Waals surface area contributed by atoms with E-state index in [0.29, 0.717) is 18.0 Å². The Kier molecular flexibility index (Phi) is 6.75. The van der Waals surface area contributed by atoms with Crippen molar-refractivity contribution in [3.8, 4) is 0 Å². The second-order valence-electron chi connectivity index (χ2n) is 5.95. The lowest BCUT2D eigenvalue weighted by molar-refractivity contribution is -0.129. The minimum Gasteiger partial charge on any atom is -0.449 e. The number of hydrogen-bond donors (Lipinski definition) is 1. The zero-order valence-electron chi connectivity index (χ0n) is 13.8. The van der Waals surface area contributed by atoms with Gasteiger partial charge in [-0.25, -0.2) is 13.2 Å². The summed E-state index contributed by atoms with van der Waals surface area (Å²) in [5, 5.41) is 2.69. The molecule has 7 heteroatoms. The molecule has 6 nitrogen and oxygen atoms in total. The summed E-state index contributed by atoms with van der Waals surface area (Å²) in [4.78, 5) is 23.7. The molecule has 0 unspecified atom stereocenters. The van der Waals surface area contributed by atoms with E-state index >= 15 is 0 Å². The zero-order valence-corrected chi connectivity index (χ0v) is 14.6. The lowest BCUT2D eigenvalue weighted by atomic mass is 10.1. The molecule has 0 saturated carbocycles. The standard InChI is InChI=1S/C16H23NO5S/c1-11(2)9-17-15(18)12(3)22-16(19)14-7-5-13(6-8-14)10-23(4,20)21/h5-8,11-12H,9-10H2,1-4H3,(H,17,18)/t12-/m1/s1. The average molecular weight is 341 g/mol. The summed E-state index contributed by atoms with van der Waals surface area (Å²) in [5.41, 5.74) is 0.859. The van der Waals surface area contributed by atoms with Gasteiger partial charge in [0.2, 0.25) is 0 Å². The molecule has 0 fully saturated rings. The number of carbonyl (C=O) groups excluding carboxylic acids is 2. The monoisotopic (exact) mass is 341 g/mol. The van der Waals surface area contributed by atoms with Crippen LogP contribution in [0.2, 0.25) is 0 Å². The quantitative estimate of drug-likeness (QED) is 0.760. The second-order valence-corrected chi connectivity index (χ2v) is 8.09. The van der Waals surface area contributed by atoms with Gasteiger partial charge < -0.3 is 10.1 Å². The normalized spacial score (nSPS) is 12.7. The molecule has 1 aromatic rings. The van der Waals surface area contributed by atoms with Crippen molar-refractivity contribution >= 4 is 21.7 Å². The van der Waals surface area contributed by atoms with Crippen molar-refractivity contribution in [2.75, 3.05) is 12.8 Å². The summed E-state index contributed by atoms with van der Waals surface area (Å²) in [6.07, 6.45) is 0.254. The van der Waals surface area contributed by atoms with Gasteiger partial charge in [0.1, 0.15) is 0 Å². The molecule has 0 aliphatic carbocycles. The Bertz CT molecular complexity index is 650. The number of amides is 1. The van der Waals surface area contributed by atoms with E-state index in [4.69, 9.17) is 4.74 Å². The summed E-state index contributed by atoms with van der Waals surface area (Å²) in [5.74, 6) is -0.746. The number of rotatable bonds is 7. The molecule has 1 aromatic carbocycles. The summed E-state index contributed by atoms with van der Waals surface area (Å²) >= 11 is 0. The SMILES string of the molecule is CC(C)CNC(=O)[C@@H](C)OC(=O)c1ccc(CS(C)(=O)=O)cc1. The van der Waals surface area contributed by atoms with E-state index in [0.717, 1.165) is 6.26 Å². The molecular weight excluding hydrogens is 318 g/mol. The minimum absolute atomic E-state index is 0.0870. The molecule has 1 amide bonds. The van der Waals surface area contributed by atoms with Gasteiger partial charge in [0.05, 0.1) is 11.3 Å². The molecule has 0 bridgehead atoms. The van der Waals surface area contributed by atoms with Gasteiger partial charge in [-0.1, -0.05) is 26.0 Å². The molecule has 0 saturated heterocycles. The van der Waals surface area contributed by atoms with Crippen LogP contribution in [0.3, 0.4) is 0 Å². The van der Waals surface area contributed by atoms with Crippen molar-refractivity contribution < 1.29 is 22.7 Å². The van der Waals surface area contributed by atoms with Crippen molar-refractivity contribution in [2.24, 2.45) is 5.92 Å². The third-order valence-electron chi connectivity index (χ3n) is 2.96. The van der Waals surface area contributed by atoms with Crippen LogP contribution in [0.5, 0.6) is 0 Å². The van der Waals surface area contributed by atoms with E-state index in [1.165, 1.54) is 19.1 Å². The highest BCUT2D eigenvalue weighted by Crippen LogP contribution is 2.10. The number of carbonyl (C=O) groups is 2. The molecule has 0 heterocycles. The summed E-state index contributed by atoms with van der Waals surface area (Å²) in [7, 11) is -3.12. The fourth-order valence-corrected chi connectivity index (χ4v) is 2.57. The molecule has 0 aliphatic rings. The molecule has 1 rings (SSSR count). The first-order chi connectivity index (χ1) is 10.6. The topological polar surface area (TPSA) is 89.5 Å². The molecule has 0 spiro atoms. The van der Waals surface area contributed by atoms with Crippen molar-refractivity contribution in [3.05, 3.63) is 35.4 Å². The minimum atomic E-state index is -3.12. The average Bonchev–Trinajstić information content (AvgIpc) is 2.43. The molecule has 23 heavy (non-hydrogen) atoms. The Morgan fingerprint density at radius 3 is 2.17 bits per heavy atom. The van der Waals surface area contributed by atoms with Crippen LogP contribution < -0.4 is 5.32 Å². The Hall–Kier alpha value is -1.89. The number of benzene rings is 1. The first-order valence-corrected chi connectivity index (χ1v) is 9.40. The van der Waals surface area contributed by atoms with E-state index < -0.39 is 21.9 Å². The van der Waals surface area contributed by atoms with Gasteiger partial charge in [-0.05, 0) is 30.5 Å². The van der Waals surface area contributed by atoms with Crippen LogP contribution in [0.25, 0.3) is 0 Å². The van der Waals surface area contributed by atoms with Gasteiger partial charge in [-0.15, -0.1) is 0 Å². The van der Waals surface area contributed by atoms with Crippen molar-refractivity contribution in [1.29, 1.82) is 0 Å². The maximum atomic E-state index is 12.0. The summed E-state index contributed by atoms with van der Waals surface area (Å²) in [6, 6.07) is 6.09. The smallest absolute Gasteiger partial charge is 0.338 e. The van der Waals surface area contributed by atoms with E-state index in [2.05, 4.69) is 5.32 Å². The molecule has 1 N–H and O–H groups in total. The van der Waals surface area contributed by atoms with Gasteiger partial charge in [-0.2, -0.15) is 0 Å². The van der Waals surface area contributed by atoms with Crippen LogP contribution in [0.4, 0.5) is 0 Å². The van der Waals surface area contributed by atoms with Gasteiger partial charge in [0, 0.05) is 12.8 Å². The van der Waals surface area contributed by atoms with E-state index in [-0.39, 0.29) is 17.2 Å². The highest BCUT2D eigenvalue weighted by atomic mass is 32.2. The van der Waals surface area contributed by atoms with Crippen LogP contribution in [-0.4, -0.2) is 39.2 Å². The van der Waals surface area contributed by atoms with Gasteiger partial charge in [-0.3, -0.25) is 4.79 Å². The van der Waals surface area contributed by atoms with Gasteiger partial charge in [0.25, 0.3) is 5.91 Å². The molecule has 0 radical (unpaired) electrons. The van der Waals surface area contributed by atoms with E-state index in [1.807, 2.05) is 13.8 Å². The predicted octanol–water partition coefficient (Wildman–Crippen LogP) is 1.55. The molecule has 0 aliphatic heterocycles. The van der Waals surface area contributed by atoms with Crippen LogP contribution in [0.1, 0.15) is 36.7 Å². The first-order valence-electron chi connectivity index (χ1n) is 7.34. The molecule has 0 aromatic heterocycles. The third-order valence-corrected chi connectivity index (χ3v) is 3.81. The molecule has 1 atom stereocenters. The number of nitrogens with one attached hydrogen (secondary N) is 1. The zero-order chi connectivity index (χ0) is 17.6. The Labute approximate surface area is 137 Å². The fourth-order valence-electron chi connectivity index (χ4n) is 1.77. The van der Waals surface area contributed by atoms with Crippen LogP contribution in [0.15, 0.2) is 24.3 Å².